The zero-order valence-electron chi connectivity index (χ0n) is 20.2. The highest BCUT2D eigenvalue weighted by Crippen LogP contribution is 2.28. The Morgan fingerprint density at radius 2 is 1.83 bits per heavy atom. The molecule has 7 heteroatoms. The van der Waals surface area contributed by atoms with E-state index in [9.17, 15) is 4.79 Å². The third-order valence-corrected chi connectivity index (χ3v) is 5.56. The molecule has 1 aliphatic heterocycles. The maximum absolute atomic E-state index is 12.7. The van der Waals surface area contributed by atoms with Gasteiger partial charge >= 0.3 is 0 Å². The van der Waals surface area contributed by atoms with Crippen molar-refractivity contribution in [1.29, 1.82) is 0 Å². The molecule has 7 nitrogen and oxygen atoms in total. The number of anilines is 1. The summed E-state index contributed by atoms with van der Waals surface area (Å²) in [4.78, 5) is 28.2. The van der Waals surface area contributed by atoms with E-state index in [-0.39, 0.29) is 12.0 Å². The van der Waals surface area contributed by atoms with E-state index in [4.69, 9.17) is 9.68 Å². The van der Waals surface area contributed by atoms with Gasteiger partial charge in [-0.3, -0.25) is 9.78 Å². The first-order chi connectivity index (χ1) is 17.0. The van der Waals surface area contributed by atoms with Crippen LogP contribution in [0.1, 0.15) is 56.4 Å². The van der Waals surface area contributed by atoms with Crippen LogP contribution in [0.2, 0.25) is 0 Å². The molecular weight excluding hydrogens is 440 g/mol. The van der Waals surface area contributed by atoms with Crippen molar-refractivity contribution >= 4 is 23.0 Å². The Morgan fingerprint density at radius 1 is 1.09 bits per heavy atom. The fourth-order valence-electron chi connectivity index (χ4n) is 3.90. The molecule has 0 spiro atoms. The number of benzene rings is 2. The van der Waals surface area contributed by atoms with Crippen molar-refractivity contribution in [1.82, 2.24) is 4.98 Å². The van der Waals surface area contributed by atoms with Crippen LogP contribution in [0.5, 0.6) is 0 Å². The summed E-state index contributed by atoms with van der Waals surface area (Å²) < 4.78 is 0. The fourth-order valence-corrected chi connectivity index (χ4v) is 3.90. The Bertz CT molecular complexity index is 1180. The average Bonchev–Trinajstić information content (AvgIpc) is 3.37. The number of nitrogens with zero attached hydrogens (tertiary/aromatic N) is 3. The Hall–Kier alpha value is -4.00. The second-order valence-corrected chi connectivity index (χ2v) is 9.01. The van der Waals surface area contributed by atoms with Gasteiger partial charge in [0.1, 0.15) is 0 Å². The van der Waals surface area contributed by atoms with Gasteiger partial charge in [0.05, 0.1) is 11.4 Å². The third-order valence-electron chi connectivity index (χ3n) is 5.56. The Morgan fingerprint density at radius 3 is 2.51 bits per heavy atom. The summed E-state index contributed by atoms with van der Waals surface area (Å²) in [6.45, 7) is 6.29. The highest BCUT2D eigenvalue weighted by Gasteiger charge is 2.29. The predicted octanol–water partition coefficient (Wildman–Crippen LogP) is 5.74. The van der Waals surface area contributed by atoms with Gasteiger partial charge in [-0.1, -0.05) is 66.6 Å². The Kier molecular flexibility index (Phi) is 7.88. The number of rotatable bonds is 9. The summed E-state index contributed by atoms with van der Waals surface area (Å²) in [5.41, 5.74) is 5.13. The molecule has 0 radical (unpaired) electrons. The zero-order valence-corrected chi connectivity index (χ0v) is 20.2. The van der Waals surface area contributed by atoms with Gasteiger partial charge in [0, 0.05) is 30.1 Å². The molecule has 0 saturated heterocycles. The topological polar surface area (TPSA) is 85.2 Å². The lowest BCUT2D eigenvalue weighted by molar-refractivity contribution is -0.125. The van der Waals surface area contributed by atoms with Crippen molar-refractivity contribution in [2.24, 2.45) is 16.2 Å². The number of carbonyl (C=O) groups excluding carboxylic acids is 1. The number of amides is 1. The first kappa shape index (κ1) is 24.1. The third kappa shape index (κ3) is 6.53. The number of hydrogen-bond acceptors (Lipinski definition) is 6. The summed E-state index contributed by atoms with van der Waals surface area (Å²) in [5, 5.41) is 11.4. The summed E-state index contributed by atoms with van der Waals surface area (Å²) in [6, 6.07) is 21.3. The Balaban J connectivity index is 1.42. The van der Waals surface area contributed by atoms with Crippen molar-refractivity contribution in [2.45, 2.75) is 45.8 Å². The first-order valence-corrected chi connectivity index (χ1v) is 11.8. The Labute approximate surface area is 205 Å². The van der Waals surface area contributed by atoms with E-state index in [1.807, 2.05) is 73.7 Å². The molecule has 0 fully saturated rings. The van der Waals surface area contributed by atoms with Gasteiger partial charge < -0.3 is 15.0 Å². The van der Waals surface area contributed by atoms with Crippen LogP contribution in [0.4, 0.5) is 5.69 Å². The summed E-state index contributed by atoms with van der Waals surface area (Å²) >= 11 is 0. The monoisotopic (exact) mass is 470 g/mol. The molecule has 0 saturated carbocycles. The van der Waals surface area contributed by atoms with Crippen molar-refractivity contribution in [3.8, 4) is 0 Å². The minimum atomic E-state index is -0.677. The summed E-state index contributed by atoms with van der Waals surface area (Å²) in [7, 11) is 0. The van der Waals surface area contributed by atoms with E-state index < -0.39 is 6.10 Å². The van der Waals surface area contributed by atoms with Crippen molar-refractivity contribution < 1.29 is 14.5 Å². The smallest absolute Gasteiger partial charge is 0.268 e. The van der Waals surface area contributed by atoms with Gasteiger partial charge in [-0.05, 0) is 54.7 Å². The van der Waals surface area contributed by atoms with Crippen LogP contribution in [0.15, 0.2) is 89.4 Å². The van der Waals surface area contributed by atoms with E-state index in [1.54, 1.807) is 12.4 Å². The van der Waals surface area contributed by atoms with Crippen molar-refractivity contribution in [2.75, 3.05) is 5.32 Å². The standard InChI is InChI=1S/C28H30N4O3/c1-19(2)16-20(3)31-35-27(21-8-5-4-6-9-21)22-11-13-24(14-12-22)30-28(33)26-17-25(32-34-26)23-10-7-15-29-18-23/h4-15,18-19,26-27H,16-17H2,1-3H3,(H,30,33)/t26-,27?/m0/s1. The van der Waals surface area contributed by atoms with E-state index in [1.165, 1.54) is 0 Å². The SMILES string of the molecule is CC(CC(C)C)=NOC(c1ccccc1)c1ccc(NC(=O)[C@@H]2CC(c3cccnc3)=NO2)cc1. The number of oxime groups is 2. The van der Waals surface area contributed by atoms with Crippen LogP contribution in [-0.4, -0.2) is 28.4 Å². The molecule has 3 aromatic rings. The molecule has 2 atom stereocenters. The van der Waals surface area contributed by atoms with Crippen LogP contribution in [0.25, 0.3) is 0 Å². The molecule has 0 aliphatic carbocycles. The second kappa shape index (κ2) is 11.4. The number of nitrogens with one attached hydrogen (secondary N) is 1. The van der Waals surface area contributed by atoms with Crippen LogP contribution < -0.4 is 5.32 Å². The van der Waals surface area contributed by atoms with Crippen molar-refractivity contribution in [3.05, 3.63) is 95.8 Å². The molecular formula is C28H30N4O3. The lowest BCUT2D eigenvalue weighted by atomic mass is 10.0. The van der Waals surface area contributed by atoms with Gasteiger partial charge in [-0.15, -0.1) is 0 Å². The van der Waals surface area contributed by atoms with Gasteiger partial charge in [0.25, 0.3) is 5.91 Å². The molecule has 180 valence electrons. The normalized spacial score (nSPS) is 16.4. The van der Waals surface area contributed by atoms with Gasteiger partial charge in [0.2, 0.25) is 6.10 Å². The molecule has 1 aliphatic rings. The maximum atomic E-state index is 12.7. The molecule has 1 aromatic heterocycles. The summed E-state index contributed by atoms with van der Waals surface area (Å²) in [5.74, 6) is 0.264. The maximum Gasteiger partial charge on any atom is 0.268 e. The fraction of sp³-hybridized carbons (Fsp3) is 0.286. The minimum absolute atomic E-state index is 0.245. The second-order valence-electron chi connectivity index (χ2n) is 9.01. The van der Waals surface area contributed by atoms with E-state index in [0.29, 0.717) is 23.7 Å². The number of hydrogen-bond donors (Lipinski definition) is 1. The van der Waals surface area contributed by atoms with Gasteiger partial charge in [0.15, 0.2) is 6.10 Å². The van der Waals surface area contributed by atoms with Crippen LogP contribution in [0.3, 0.4) is 0 Å². The van der Waals surface area contributed by atoms with Gasteiger partial charge in [-0.25, -0.2) is 0 Å². The van der Waals surface area contributed by atoms with Gasteiger partial charge in [-0.2, -0.15) is 0 Å². The molecule has 0 bridgehead atoms. The molecule has 35 heavy (non-hydrogen) atoms. The molecule has 1 unspecified atom stereocenters. The average molecular weight is 471 g/mol. The highest BCUT2D eigenvalue weighted by atomic mass is 16.6. The van der Waals surface area contributed by atoms with E-state index in [0.717, 1.165) is 28.8 Å². The minimum Gasteiger partial charge on any atom is -0.383 e. The molecule has 2 aromatic carbocycles. The highest BCUT2D eigenvalue weighted by molar-refractivity contribution is 6.05. The largest absolute Gasteiger partial charge is 0.383 e. The van der Waals surface area contributed by atoms with Crippen LogP contribution >= 0.6 is 0 Å². The number of aromatic nitrogens is 1. The predicted molar refractivity (Wildman–Crippen MR) is 137 cm³/mol. The molecule has 4 rings (SSSR count). The number of pyridine rings is 1. The zero-order chi connectivity index (χ0) is 24.6. The lowest BCUT2D eigenvalue weighted by Crippen LogP contribution is -2.28. The molecule has 1 amide bonds. The quantitative estimate of drug-likeness (QED) is 0.319. The molecule has 1 N–H and O–H groups in total. The van der Waals surface area contributed by atoms with Crippen molar-refractivity contribution in [3.63, 3.8) is 0 Å². The van der Waals surface area contributed by atoms with E-state index >= 15 is 0 Å². The first-order valence-electron chi connectivity index (χ1n) is 11.8. The molecule has 2 heterocycles. The van der Waals surface area contributed by atoms with Crippen LogP contribution in [-0.2, 0) is 14.5 Å². The van der Waals surface area contributed by atoms with Crippen LogP contribution in [0, 0.1) is 5.92 Å². The number of carbonyl (C=O) groups is 1. The summed E-state index contributed by atoms with van der Waals surface area (Å²) in [6.07, 6.45) is 3.65. The van der Waals surface area contributed by atoms with E-state index in [2.05, 4.69) is 34.5 Å². The lowest BCUT2D eigenvalue weighted by Gasteiger charge is -2.18.